The highest BCUT2D eigenvalue weighted by molar-refractivity contribution is 5.81. The van der Waals surface area contributed by atoms with E-state index >= 15 is 0 Å². The zero-order valence-corrected chi connectivity index (χ0v) is 7.67. The van der Waals surface area contributed by atoms with Crippen LogP contribution >= 0.6 is 0 Å². The molecule has 0 bridgehead atoms. The average Bonchev–Trinajstić information content (AvgIpc) is 2.44. The molecule has 0 saturated carbocycles. The molecule has 0 fully saturated rings. The highest BCUT2D eigenvalue weighted by atomic mass is 16.5. The molecular formula is C11H12O2. The lowest BCUT2D eigenvalue weighted by Gasteiger charge is -2.00. The van der Waals surface area contributed by atoms with E-state index in [4.69, 9.17) is 4.74 Å². The lowest BCUT2D eigenvalue weighted by Crippen LogP contribution is -2.00. The van der Waals surface area contributed by atoms with Gasteiger partial charge in [0.1, 0.15) is 5.75 Å². The summed E-state index contributed by atoms with van der Waals surface area (Å²) in [7, 11) is 0. The number of hydrogen-bond donors (Lipinski definition) is 0. The minimum atomic E-state index is -0.136. The van der Waals surface area contributed by atoms with E-state index in [2.05, 4.69) is 13.0 Å². The van der Waals surface area contributed by atoms with Crippen molar-refractivity contribution in [2.75, 3.05) is 0 Å². The number of hydrogen-bond acceptors (Lipinski definition) is 2. The van der Waals surface area contributed by atoms with Gasteiger partial charge in [0.05, 0.1) is 6.42 Å². The minimum Gasteiger partial charge on any atom is -0.426 e. The Hall–Kier alpha value is -1.31. The van der Waals surface area contributed by atoms with Gasteiger partial charge in [-0.15, -0.1) is 0 Å². The Kier molecular flexibility index (Phi) is 2.05. The van der Waals surface area contributed by atoms with Crippen LogP contribution in [0, 0.1) is 0 Å². The Labute approximate surface area is 77.5 Å². The summed E-state index contributed by atoms with van der Waals surface area (Å²) < 4.78 is 5.00. The molecule has 1 aromatic rings. The maximum atomic E-state index is 10.9. The molecular weight excluding hydrogens is 164 g/mol. The van der Waals surface area contributed by atoms with Crippen molar-refractivity contribution < 1.29 is 9.53 Å². The van der Waals surface area contributed by atoms with Crippen LogP contribution < -0.4 is 4.74 Å². The van der Waals surface area contributed by atoms with Crippen LogP contribution in [0.4, 0.5) is 0 Å². The third-order valence-corrected chi connectivity index (χ3v) is 2.22. The van der Waals surface area contributed by atoms with Crippen molar-refractivity contribution in [2.24, 2.45) is 0 Å². The van der Waals surface area contributed by atoms with E-state index in [9.17, 15) is 4.79 Å². The molecule has 2 heteroatoms. The van der Waals surface area contributed by atoms with Crippen LogP contribution in [0.5, 0.6) is 5.75 Å². The van der Waals surface area contributed by atoms with Crippen LogP contribution in [0.2, 0.25) is 0 Å². The van der Waals surface area contributed by atoms with Gasteiger partial charge in [-0.1, -0.05) is 25.5 Å². The smallest absolute Gasteiger partial charge is 0.315 e. The number of rotatable bonds is 2. The number of aryl methyl sites for hydroxylation is 1. The van der Waals surface area contributed by atoms with Crippen LogP contribution in [-0.2, 0) is 17.6 Å². The molecule has 0 N–H and O–H groups in total. The van der Waals surface area contributed by atoms with Crippen LogP contribution in [-0.4, -0.2) is 5.97 Å². The molecule has 0 spiro atoms. The fraction of sp³-hybridized carbons (Fsp3) is 0.364. The van der Waals surface area contributed by atoms with Gasteiger partial charge in [0.25, 0.3) is 0 Å². The summed E-state index contributed by atoms with van der Waals surface area (Å²) in [4.78, 5) is 10.9. The molecule has 0 aliphatic carbocycles. The van der Waals surface area contributed by atoms with Crippen molar-refractivity contribution in [3.05, 3.63) is 29.3 Å². The van der Waals surface area contributed by atoms with E-state index in [-0.39, 0.29) is 5.97 Å². The standard InChI is InChI=1S/C11H12O2/c1-2-3-8-4-5-10-9(6-8)7-11(12)13-10/h4-6H,2-3,7H2,1H3. The van der Waals surface area contributed by atoms with E-state index in [1.165, 1.54) is 5.56 Å². The van der Waals surface area contributed by atoms with Gasteiger partial charge >= 0.3 is 5.97 Å². The highest BCUT2D eigenvalue weighted by Gasteiger charge is 2.19. The van der Waals surface area contributed by atoms with Crippen molar-refractivity contribution in [3.8, 4) is 5.75 Å². The Morgan fingerprint density at radius 3 is 3.08 bits per heavy atom. The normalized spacial score (nSPS) is 14.1. The van der Waals surface area contributed by atoms with E-state index in [1.54, 1.807) is 0 Å². The van der Waals surface area contributed by atoms with Gasteiger partial charge in [-0.3, -0.25) is 4.79 Å². The van der Waals surface area contributed by atoms with Crippen molar-refractivity contribution in [1.29, 1.82) is 0 Å². The third-order valence-electron chi connectivity index (χ3n) is 2.22. The number of carbonyl (C=O) groups excluding carboxylic acids is 1. The third kappa shape index (κ3) is 1.57. The van der Waals surface area contributed by atoms with Crippen LogP contribution in [0.1, 0.15) is 24.5 Å². The first-order valence-corrected chi connectivity index (χ1v) is 4.62. The maximum absolute atomic E-state index is 10.9. The zero-order valence-electron chi connectivity index (χ0n) is 7.67. The topological polar surface area (TPSA) is 26.3 Å². The fourth-order valence-electron chi connectivity index (χ4n) is 1.63. The Morgan fingerprint density at radius 1 is 1.46 bits per heavy atom. The molecule has 0 unspecified atom stereocenters. The molecule has 1 aliphatic rings. The van der Waals surface area contributed by atoms with Gasteiger partial charge in [-0.2, -0.15) is 0 Å². The van der Waals surface area contributed by atoms with Gasteiger partial charge in [0.2, 0.25) is 0 Å². The molecule has 0 aromatic heterocycles. The molecule has 1 aromatic carbocycles. The minimum absolute atomic E-state index is 0.136. The lowest BCUT2D eigenvalue weighted by atomic mass is 10.1. The molecule has 0 radical (unpaired) electrons. The van der Waals surface area contributed by atoms with Crippen molar-refractivity contribution in [3.63, 3.8) is 0 Å². The first kappa shape index (κ1) is 8.30. The highest BCUT2D eigenvalue weighted by Crippen LogP contribution is 2.26. The van der Waals surface area contributed by atoms with Gasteiger partial charge in [0.15, 0.2) is 0 Å². The van der Waals surface area contributed by atoms with Gasteiger partial charge < -0.3 is 4.74 Å². The Bertz CT molecular complexity index is 342. The van der Waals surface area contributed by atoms with Gasteiger partial charge in [-0.25, -0.2) is 0 Å². The molecule has 0 amide bonds. The molecule has 2 nitrogen and oxygen atoms in total. The summed E-state index contributed by atoms with van der Waals surface area (Å²) in [5, 5.41) is 0. The summed E-state index contributed by atoms with van der Waals surface area (Å²) in [5.41, 5.74) is 2.33. The van der Waals surface area contributed by atoms with E-state index < -0.39 is 0 Å². The number of carbonyl (C=O) groups is 1. The number of ether oxygens (including phenoxy) is 1. The molecule has 68 valence electrons. The fourth-order valence-corrected chi connectivity index (χ4v) is 1.63. The van der Waals surface area contributed by atoms with Crippen molar-refractivity contribution in [2.45, 2.75) is 26.2 Å². The first-order valence-electron chi connectivity index (χ1n) is 4.62. The predicted octanol–water partition coefficient (Wildman–Crippen LogP) is 2.10. The summed E-state index contributed by atoms with van der Waals surface area (Å²) >= 11 is 0. The van der Waals surface area contributed by atoms with Crippen molar-refractivity contribution in [1.82, 2.24) is 0 Å². The van der Waals surface area contributed by atoms with Crippen LogP contribution in [0.3, 0.4) is 0 Å². The number of benzene rings is 1. The number of esters is 1. The van der Waals surface area contributed by atoms with E-state index in [1.807, 2.05) is 12.1 Å². The molecule has 1 heterocycles. The molecule has 13 heavy (non-hydrogen) atoms. The number of fused-ring (bicyclic) bond motifs is 1. The van der Waals surface area contributed by atoms with Crippen LogP contribution in [0.15, 0.2) is 18.2 Å². The SMILES string of the molecule is CCCc1ccc2c(c1)CC(=O)O2. The molecule has 0 saturated heterocycles. The Morgan fingerprint density at radius 2 is 2.31 bits per heavy atom. The van der Waals surface area contributed by atoms with Crippen molar-refractivity contribution >= 4 is 5.97 Å². The summed E-state index contributed by atoms with van der Waals surface area (Å²) in [6.45, 7) is 2.15. The predicted molar refractivity (Wildman–Crippen MR) is 49.8 cm³/mol. The Balaban J connectivity index is 2.29. The molecule has 0 atom stereocenters. The van der Waals surface area contributed by atoms with E-state index in [0.29, 0.717) is 6.42 Å². The summed E-state index contributed by atoms with van der Waals surface area (Å²) in [6.07, 6.45) is 2.64. The van der Waals surface area contributed by atoms with E-state index in [0.717, 1.165) is 24.2 Å². The zero-order chi connectivity index (χ0) is 9.26. The molecule has 2 rings (SSSR count). The molecule has 1 aliphatic heterocycles. The largest absolute Gasteiger partial charge is 0.426 e. The summed E-state index contributed by atoms with van der Waals surface area (Å²) in [6, 6.07) is 6.00. The quantitative estimate of drug-likeness (QED) is 0.509. The maximum Gasteiger partial charge on any atom is 0.315 e. The first-order chi connectivity index (χ1) is 6.29. The lowest BCUT2D eigenvalue weighted by molar-refractivity contribution is -0.131. The monoisotopic (exact) mass is 176 g/mol. The van der Waals surface area contributed by atoms with Gasteiger partial charge in [-0.05, 0) is 18.1 Å². The van der Waals surface area contributed by atoms with Crippen LogP contribution in [0.25, 0.3) is 0 Å². The summed E-state index contributed by atoms with van der Waals surface area (Å²) in [5.74, 6) is 0.605. The second-order valence-electron chi connectivity index (χ2n) is 3.34. The van der Waals surface area contributed by atoms with Gasteiger partial charge in [0, 0.05) is 5.56 Å². The second-order valence-corrected chi connectivity index (χ2v) is 3.34. The average molecular weight is 176 g/mol. The second kappa shape index (κ2) is 3.21.